The van der Waals surface area contributed by atoms with Gasteiger partial charge < -0.3 is 9.31 Å². The van der Waals surface area contributed by atoms with E-state index in [1.165, 1.54) is 65.0 Å². The minimum Gasteiger partial charge on any atom is -0.399 e. The molecule has 4 bridgehead atoms. The molecule has 2 unspecified atom stereocenters. The second-order valence-corrected chi connectivity index (χ2v) is 12.4. The van der Waals surface area contributed by atoms with Crippen molar-refractivity contribution in [3.63, 3.8) is 0 Å². The van der Waals surface area contributed by atoms with Gasteiger partial charge >= 0.3 is 7.12 Å². The van der Waals surface area contributed by atoms with Crippen molar-refractivity contribution in [1.29, 1.82) is 0 Å². The highest BCUT2D eigenvalue weighted by atomic mass is 16.7. The molecule has 3 heteroatoms. The van der Waals surface area contributed by atoms with Crippen molar-refractivity contribution < 1.29 is 9.31 Å². The lowest BCUT2D eigenvalue weighted by molar-refractivity contribution is 0.00578. The van der Waals surface area contributed by atoms with Gasteiger partial charge in [-0.25, -0.2) is 0 Å². The summed E-state index contributed by atoms with van der Waals surface area (Å²) in [6.45, 7) is 8.66. The molecule has 0 spiro atoms. The van der Waals surface area contributed by atoms with Crippen LogP contribution in [0.2, 0.25) is 0 Å². The predicted molar refractivity (Wildman–Crippen MR) is 141 cm³/mol. The van der Waals surface area contributed by atoms with Gasteiger partial charge in [0.2, 0.25) is 0 Å². The molecule has 2 nitrogen and oxygen atoms in total. The van der Waals surface area contributed by atoms with Gasteiger partial charge in [0.15, 0.2) is 0 Å². The number of fused-ring (bicyclic) bond motifs is 1. The maximum absolute atomic E-state index is 6.63. The zero-order valence-corrected chi connectivity index (χ0v) is 20.9. The third kappa shape index (κ3) is 3.02. The Labute approximate surface area is 204 Å². The van der Waals surface area contributed by atoms with Crippen molar-refractivity contribution in [2.24, 2.45) is 11.8 Å². The standard InChI is InChI=1S/C31H35BO2/c1-30(2)31(3,4)34-32(33-30)27-11-7-10-25-26-13-12-21-8-5-6-9-24(21)28(26)22-15-19-14-20(16-22)18-23(17-19)29(25)27/h5-13,19-20,22-23H,14-18H2,1-4H3. The summed E-state index contributed by atoms with van der Waals surface area (Å²) >= 11 is 0. The first kappa shape index (κ1) is 21.2. The van der Waals surface area contributed by atoms with Gasteiger partial charge in [-0.2, -0.15) is 0 Å². The Morgan fingerprint density at radius 1 is 0.647 bits per heavy atom. The van der Waals surface area contributed by atoms with Crippen LogP contribution in [0.15, 0.2) is 54.6 Å². The SMILES string of the molecule is CC1(C)OB(c2cccc3c2C2CC4CC(C2)CC(C4)c2c-3ccc3ccccc23)OC1(C)C. The van der Waals surface area contributed by atoms with E-state index in [0.717, 1.165) is 11.8 Å². The topological polar surface area (TPSA) is 18.5 Å². The number of hydrogen-bond donors (Lipinski definition) is 0. The predicted octanol–water partition coefficient (Wildman–Crippen LogP) is 7.20. The summed E-state index contributed by atoms with van der Waals surface area (Å²) in [5, 5.41) is 2.83. The van der Waals surface area contributed by atoms with Crippen LogP contribution in [0.5, 0.6) is 0 Å². The molecule has 0 amide bonds. The number of hydrogen-bond acceptors (Lipinski definition) is 2. The minimum absolute atomic E-state index is 0.306. The molecule has 2 saturated carbocycles. The first-order chi connectivity index (χ1) is 16.3. The zero-order chi connectivity index (χ0) is 23.2. The molecule has 3 aromatic carbocycles. The monoisotopic (exact) mass is 450 g/mol. The first-order valence-electron chi connectivity index (χ1n) is 13.3. The summed E-state index contributed by atoms with van der Waals surface area (Å²) < 4.78 is 13.3. The second-order valence-electron chi connectivity index (χ2n) is 12.4. The lowest BCUT2D eigenvalue weighted by atomic mass is 9.61. The van der Waals surface area contributed by atoms with E-state index in [0.29, 0.717) is 11.8 Å². The molecule has 2 atom stereocenters. The summed E-state index contributed by atoms with van der Waals surface area (Å²) in [5.41, 5.74) is 6.59. The zero-order valence-electron chi connectivity index (χ0n) is 20.9. The van der Waals surface area contributed by atoms with E-state index < -0.39 is 0 Å². The third-order valence-electron chi connectivity index (χ3n) is 9.86. The third-order valence-corrected chi connectivity index (χ3v) is 9.86. The van der Waals surface area contributed by atoms with Crippen molar-refractivity contribution >= 4 is 23.4 Å². The Morgan fingerprint density at radius 2 is 1.26 bits per heavy atom. The Balaban J connectivity index is 1.50. The Hall–Kier alpha value is -2.10. The van der Waals surface area contributed by atoms with Crippen LogP contribution < -0.4 is 5.46 Å². The molecule has 3 fully saturated rings. The Bertz CT molecular complexity index is 1260. The average Bonchev–Trinajstić information content (AvgIpc) is 3.06. The molecule has 1 heterocycles. The molecule has 0 aromatic heterocycles. The number of rotatable bonds is 1. The van der Waals surface area contributed by atoms with E-state index in [1.807, 2.05) is 0 Å². The summed E-state index contributed by atoms with van der Waals surface area (Å²) in [4.78, 5) is 0. The van der Waals surface area contributed by atoms with Gasteiger partial charge in [0.05, 0.1) is 11.2 Å². The quantitative estimate of drug-likeness (QED) is 0.365. The van der Waals surface area contributed by atoms with Crippen molar-refractivity contribution in [2.75, 3.05) is 0 Å². The smallest absolute Gasteiger partial charge is 0.399 e. The van der Waals surface area contributed by atoms with Crippen LogP contribution in [0.25, 0.3) is 21.9 Å². The molecule has 0 radical (unpaired) electrons. The number of benzene rings is 3. The molecule has 34 heavy (non-hydrogen) atoms. The Kier molecular flexibility index (Phi) is 4.50. The molecular formula is C31H35BO2. The average molecular weight is 450 g/mol. The van der Waals surface area contributed by atoms with E-state index in [1.54, 1.807) is 5.56 Å². The maximum Gasteiger partial charge on any atom is 0.495 e. The molecule has 3 aromatic rings. The highest BCUT2D eigenvalue weighted by Gasteiger charge is 2.53. The van der Waals surface area contributed by atoms with Crippen LogP contribution in [0, 0.1) is 11.8 Å². The van der Waals surface area contributed by atoms with Crippen LogP contribution >= 0.6 is 0 Å². The molecule has 1 saturated heterocycles. The molecule has 1 aliphatic heterocycles. The van der Waals surface area contributed by atoms with Crippen molar-refractivity contribution in [2.45, 2.75) is 82.8 Å². The summed E-state index contributed by atoms with van der Waals surface area (Å²) in [7, 11) is -0.306. The molecule has 5 aliphatic rings. The van der Waals surface area contributed by atoms with E-state index in [-0.39, 0.29) is 18.3 Å². The first-order valence-corrected chi connectivity index (χ1v) is 13.3. The lowest BCUT2D eigenvalue weighted by Crippen LogP contribution is -2.41. The van der Waals surface area contributed by atoms with Crippen LogP contribution in [-0.4, -0.2) is 18.3 Å². The van der Waals surface area contributed by atoms with Gasteiger partial charge in [-0.05, 0) is 122 Å². The summed E-state index contributed by atoms with van der Waals surface area (Å²) in [5.74, 6) is 2.91. The molecule has 174 valence electrons. The van der Waals surface area contributed by atoms with Gasteiger partial charge in [0, 0.05) is 0 Å². The van der Waals surface area contributed by atoms with Gasteiger partial charge in [0.1, 0.15) is 0 Å². The van der Waals surface area contributed by atoms with E-state index in [4.69, 9.17) is 9.31 Å². The van der Waals surface area contributed by atoms with Crippen molar-refractivity contribution in [3.8, 4) is 11.1 Å². The van der Waals surface area contributed by atoms with Crippen molar-refractivity contribution in [1.82, 2.24) is 0 Å². The van der Waals surface area contributed by atoms with Gasteiger partial charge in [-0.1, -0.05) is 54.6 Å². The lowest BCUT2D eigenvalue weighted by Gasteiger charge is -2.42. The minimum atomic E-state index is -0.330. The normalized spacial score (nSPS) is 30.5. The van der Waals surface area contributed by atoms with Gasteiger partial charge in [0.25, 0.3) is 0 Å². The highest BCUT2D eigenvalue weighted by molar-refractivity contribution is 6.63. The van der Waals surface area contributed by atoms with Crippen LogP contribution in [0.3, 0.4) is 0 Å². The highest BCUT2D eigenvalue weighted by Crippen LogP contribution is 2.56. The summed E-state index contributed by atoms with van der Waals surface area (Å²) in [6.07, 6.45) is 6.72. The Morgan fingerprint density at radius 3 is 1.97 bits per heavy atom. The maximum atomic E-state index is 6.63. The van der Waals surface area contributed by atoms with E-state index in [2.05, 4.69) is 82.3 Å². The van der Waals surface area contributed by atoms with E-state index >= 15 is 0 Å². The van der Waals surface area contributed by atoms with Gasteiger partial charge in [-0.15, -0.1) is 0 Å². The van der Waals surface area contributed by atoms with Crippen LogP contribution in [0.1, 0.15) is 82.8 Å². The fourth-order valence-electron chi connectivity index (χ4n) is 7.74. The van der Waals surface area contributed by atoms with Gasteiger partial charge in [-0.3, -0.25) is 0 Å². The molecule has 0 N–H and O–H groups in total. The molecule has 8 rings (SSSR count). The summed E-state index contributed by atoms with van der Waals surface area (Å²) in [6, 6.07) is 20.7. The molecule has 4 aliphatic carbocycles. The fourth-order valence-corrected chi connectivity index (χ4v) is 7.74. The molecular weight excluding hydrogens is 415 g/mol. The van der Waals surface area contributed by atoms with Crippen molar-refractivity contribution in [3.05, 3.63) is 65.7 Å². The van der Waals surface area contributed by atoms with E-state index in [9.17, 15) is 0 Å². The fraction of sp³-hybridized carbons (Fsp3) is 0.484. The second kappa shape index (κ2) is 7.21. The van der Waals surface area contributed by atoms with Crippen LogP contribution in [0.4, 0.5) is 0 Å². The van der Waals surface area contributed by atoms with Crippen LogP contribution in [-0.2, 0) is 9.31 Å². The largest absolute Gasteiger partial charge is 0.495 e.